The van der Waals surface area contributed by atoms with E-state index in [1.54, 1.807) is 13.0 Å². The maximum absolute atomic E-state index is 14.1. The van der Waals surface area contributed by atoms with Crippen molar-refractivity contribution in [2.75, 3.05) is 0 Å². The van der Waals surface area contributed by atoms with Crippen molar-refractivity contribution in [2.45, 2.75) is 52.2 Å². The molecule has 0 aliphatic heterocycles. The van der Waals surface area contributed by atoms with Gasteiger partial charge in [-0.15, -0.1) is 0 Å². The molecule has 0 aromatic heterocycles. The zero-order valence-corrected chi connectivity index (χ0v) is 17.2. The molecule has 2 rings (SSSR count). The molecule has 28 heavy (non-hydrogen) atoms. The molecule has 6 heteroatoms. The van der Waals surface area contributed by atoms with Crippen molar-refractivity contribution in [3.8, 4) is 0 Å². The minimum absolute atomic E-state index is 0.00430. The molecule has 0 aliphatic rings. The van der Waals surface area contributed by atoms with Crippen molar-refractivity contribution < 1.29 is 14.0 Å². The van der Waals surface area contributed by atoms with E-state index < -0.39 is 11.9 Å². The topological polar surface area (TPSA) is 49.4 Å². The molecule has 2 aromatic rings. The second-order valence-corrected chi connectivity index (χ2v) is 7.29. The molecule has 2 aromatic carbocycles. The SMILES string of the molecule is CCC(C)NC(=O)C(C)N(Cc1ccccc1)C(=O)Cc1c(F)cccc1Cl. The Kier molecular flexibility index (Phi) is 8.00. The molecule has 0 radical (unpaired) electrons. The molecule has 0 aliphatic carbocycles. The third-order valence-corrected chi connectivity index (χ3v) is 5.11. The normalized spacial score (nSPS) is 12.9. The Bertz CT molecular complexity index is 793. The zero-order chi connectivity index (χ0) is 20.7. The first-order chi connectivity index (χ1) is 13.3. The number of carbonyl (C=O) groups is 2. The van der Waals surface area contributed by atoms with Gasteiger partial charge in [0, 0.05) is 23.2 Å². The summed E-state index contributed by atoms with van der Waals surface area (Å²) in [6, 6.07) is 13.0. The largest absolute Gasteiger partial charge is 0.352 e. The third kappa shape index (κ3) is 5.80. The van der Waals surface area contributed by atoms with Crippen molar-refractivity contribution in [3.63, 3.8) is 0 Å². The minimum atomic E-state index is -0.702. The van der Waals surface area contributed by atoms with Crippen LogP contribution in [0.25, 0.3) is 0 Å². The predicted octanol–water partition coefficient (Wildman–Crippen LogP) is 4.35. The highest BCUT2D eigenvalue weighted by atomic mass is 35.5. The number of nitrogens with one attached hydrogen (secondary N) is 1. The van der Waals surface area contributed by atoms with E-state index in [0.717, 1.165) is 12.0 Å². The highest BCUT2D eigenvalue weighted by molar-refractivity contribution is 6.31. The molecule has 4 nitrogen and oxygen atoms in total. The van der Waals surface area contributed by atoms with Crippen molar-refractivity contribution >= 4 is 23.4 Å². The first-order valence-corrected chi connectivity index (χ1v) is 9.77. The van der Waals surface area contributed by atoms with Crippen molar-refractivity contribution in [2.24, 2.45) is 0 Å². The van der Waals surface area contributed by atoms with Gasteiger partial charge in [0.05, 0.1) is 6.42 Å². The summed E-state index contributed by atoms with van der Waals surface area (Å²) in [5, 5.41) is 3.10. The number of carbonyl (C=O) groups excluding carboxylic acids is 2. The van der Waals surface area contributed by atoms with Gasteiger partial charge in [0.1, 0.15) is 11.9 Å². The van der Waals surface area contributed by atoms with Crippen LogP contribution in [0.5, 0.6) is 0 Å². The van der Waals surface area contributed by atoms with Crippen LogP contribution in [-0.2, 0) is 22.6 Å². The van der Waals surface area contributed by atoms with Crippen LogP contribution in [0.15, 0.2) is 48.5 Å². The van der Waals surface area contributed by atoms with Gasteiger partial charge in [-0.25, -0.2) is 4.39 Å². The quantitative estimate of drug-likeness (QED) is 0.710. The van der Waals surface area contributed by atoms with Gasteiger partial charge in [-0.05, 0) is 38.0 Å². The second-order valence-electron chi connectivity index (χ2n) is 6.88. The Morgan fingerprint density at radius 3 is 2.39 bits per heavy atom. The Balaban J connectivity index is 2.26. The lowest BCUT2D eigenvalue weighted by molar-refractivity contribution is -0.140. The second kappa shape index (κ2) is 10.2. The lowest BCUT2D eigenvalue weighted by Gasteiger charge is -2.30. The maximum Gasteiger partial charge on any atom is 0.242 e. The van der Waals surface area contributed by atoms with Gasteiger partial charge in [0.2, 0.25) is 11.8 Å². The lowest BCUT2D eigenvalue weighted by Crippen LogP contribution is -2.50. The number of benzene rings is 2. The van der Waals surface area contributed by atoms with Crippen LogP contribution in [-0.4, -0.2) is 28.8 Å². The summed E-state index contributed by atoms with van der Waals surface area (Å²) >= 11 is 6.08. The molecule has 0 bridgehead atoms. The molecule has 150 valence electrons. The first kappa shape index (κ1) is 21.9. The number of hydrogen-bond donors (Lipinski definition) is 1. The van der Waals surface area contributed by atoms with Gasteiger partial charge in [-0.3, -0.25) is 9.59 Å². The highest BCUT2D eigenvalue weighted by Crippen LogP contribution is 2.21. The van der Waals surface area contributed by atoms with E-state index in [1.807, 2.05) is 44.2 Å². The molecule has 0 heterocycles. The van der Waals surface area contributed by atoms with E-state index in [2.05, 4.69) is 5.32 Å². The molecule has 2 unspecified atom stereocenters. The standard InChI is InChI=1S/C22H26ClFN2O2/c1-4-15(2)25-22(28)16(3)26(14-17-9-6-5-7-10-17)21(27)13-18-19(23)11-8-12-20(18)24/h5-12,15-16H,4,13-14H2,1-3H3,(H,25,28). The van der Waals surface area contributed by atoms with Crippen LogP contribution < -0.4 is 5.32 Å². The summed E-state index contributed by atoms with van der Waals surface area (Å²) in [4.78, 5) is 27.1. The van der Waals surface area contributed by atoms with E-state index in [4.69, 9.17) is 11.6 Å². The first-order valence-electron chi connectivity index (χ1n) is 9.40. The van der Waals surface area contributed by atoms with Gasteiger partial charge >= 0.3 is 0 Å². The Hall–Kier alpha value is -2.40. The van der Waals surface area contributed by atoms with Crippen LogP contribution in [0.3, 0.4) is 0 Å². The predicted molar refractivity (Wildman–Crippen MR) is 109 cm³/mol. The molecule has 0 fully saturated rings. The van der Waals surface area contributed by atoms with Crippen molar-refractivity contribution in [3.05, 3.63) is 70.5 Å². The van der Waals surface area contributed by atoms with E-state index in [0.29, 0.717) is 0 Å². The van der Waals surface area contributed by atoms with Gasteiger partial charge in [-0.2, -0.15) is 0 Å². The summed E-state index contributed by atoms with van der Waals surface area (Å²) in [5.41, 5.74) is 1.03. The summed E-state index contributed by atoms with van der Waals surface area (Å²) < 4.78 is 14.1. The number of amides is 2. The fraction of sp³-hybridized carbons (Fsp3) is 0.364. The summed E-state index contributed by atoms with van der Waals surface area (Å²) in [7, 11) is 0. The fourth-order valence-corrected chi connectivity index (χ4v) is 3.01. The van der Waals surface area contributed by atoms with E-state index in [-0.39, 0.29) is 41.4 Å². The Morgan fingerprint density at radius 1 is 1.11 bits per heavy atom. The van der Waals surface area contributed by atoms with Crippen molar-refractivity contribution in [1.82, 2.24) is 10.2 Å². The maximum atomic E-state index is 14.1. The fourth-order valence-electron chi connectivity index (χ4n) is 2.78. The van der Waals surface area contributed by atoms with Gasteiger partial charge in [0.25, 0.3) is 0 Å². The number of rotatable bonds is 8. The molecular weight excluding hydrogens is 379 g/mol. The number of nitrogens with zero attached hydrogens (tertiary/aromatic N) is 1. The smallest absolute Gasteiger partial charge is 0.242 e. The number of halogens is 2. The molecule has 0 saturated carbocycles. The molecular formula is C22H26ClFN2O2. The molecule has 1 N–H and O–H groups in total. The van der Waals surface area contributed by atoms with Gasteiger partial charge in [0.15, 0.2) is 0 Å². The molecule has 2 amide bonds. The van der Waals surface area contributed by atoms with E-state index in [1.165, 1.54) is 17.0 Å². The molecule has 2 atom stereocenters. The molecule has 0 spiro atoms. The highest BCUT2D eigenvalue weighted by Gasteiger charge is 2.27. The van der Waals surface area contributed by atoms with E-state index in [9.17, 15) is 14.0 Å². The van der Waals surface area contributed by atoms with Crippen molar-refractivity contribution in [1.29, 1.82) is 0 Å². The third-order valence-electron chi connectivity index (χ3n) is 4.75. The van der Waals surface area contributed by atoms with E-state index >= 15 is 0 Å². The lowest BCUT2D eigenvalue weighted by atomic mass is 10.1. The van der Waals surface area contributed by atoms with Gasteiger partial charge in [-0.1, -0.05) is 54.9 Å². The minimum Gasteiger partial charge on any atom is -0.352 e. The zero-order valence-electron chi connectivity index (χ0n) is 16.4. The van der Waals surface area contributed by atoms with Gasteiger partial charge < -0.3 is 10.2 Å². The van der Waals surface area contributed by atoms with Crippen LogP contribution in [0.1, 0.15) is 38.3 Å². The van der Waals surface area contributed by atoms with Crippen LogP contribution in [0.4, 0.5) is 4.39 Å². The summed E-state index contributed by atoms with van der Waals surface area (Å²) in [6.45, 7) is 5.82. The van der Waals surface area contributed by atoms with Crippen LogP contribution >= 0.6 is 11.6 Å². The average molecular weight is 405 g/mol. The number of hydrogen-bond acceptors (Lipinski definition) is 2. The summed E-state index contributed by atoms with van der Waals surface area (Å²) in [5.74, 6) is -1.13. The monoisotopic (exact) mass is 404 g/mol. The Labute approximate surface area is 170 Å². The van der Waals surface area contributed by atoms with Crippen LogP contribution in [0, 0.1) is 5.82 Å². The Morgan fingerprint density at radius 2 is 1.79 bits per heavy atom. The molecule has 0 saturated heterocycles. The summed E-state index contributed by atoms with van der Waals surface area (Å²) in [6.07, 6.45) is 0.579. The van der Waals surface area contributed by atoms with Crippen LogP contribution in [0.2, 0.25) is 5.02 Å². The average Bonchev–Trinajstić information content (AvgIpc) is 2.69.